The van der Waals surface area contributed by atoms with E-state index in [1.165, 1.54) is 6.20 Å². The second-order valence-corrected chi connectivity index (χ2v) is 2.52. The fourth-order valence-electron chi connectivity index (χ4n) is 0.878. The first kappa shape index (κ1) is 8.52. The van der Waals surface area contributed by atoms with Gasteiger partial charge in [-0.3, -0.25) is 9.78 Å². The number of hydrogen-bond acceptors (Lipinski definition) is 3. The van der Waals surface area contributed by atoms with Gasteiger partial charge in [-0.25, -0.2) is 0 Å². The van der Waals surface area contributed by atoms with Crippen molar-refractivity contribution in [1.82, 2.24) is 4.98 Å². The molecular formula is C8H10N2O2. The Labute approximate surface area is 70.0 Å². The highest BCUT2D eigenvalue weighted by Gasteiger charge is 1.98. The van der Waals surface area contributed by atoms with Gasteiger partial charge in [0.05, 0.1) is 6.20 Å². The average Bonchev–Trinajstić information content (AvgIpc) is 2.01. The Hall–Kier alpha value is -1.58. The van der Waals surface area contributed by atoms with Gasteiger partial charge in [-0.15, -0.1) is 0 Å². The molecule has 0 unspecified atom stereocenters. The summed E-state index contributed by atoms with van der Waals surface area (Å²) in [5, 5.41) is 9.00. The van der Waals surface area contributed by atoms with Crippen molar-refractivity contribution in [2.75, 3.05) is 0 Å². The molecule has 1 heterocycles. The topological polar surface area (TPSA) is 76.2 Å². The summed E-state index contributed by atoms with van der Waals surface area (Å²) in [5.74, 6) is -0.240. The van der Waals surface area contributed by atoms with Gasteiger partial charge in [-0.2, -0.15) is 0 Å². The molecule has 0 bridgehead atoms. The Balaban J connectivity index is 2.57. The summed E-state index contributed by atoms with van der Waals surface area (Å²) in [5.41, 5.74) is 5.77. The molecule has 0 aliphatic heterocycles. The predicted molar refractivity (Wildman–Crippen MR) is 43.4 cm³/mol. The second kappa shape index (κ2) is 3.71. The van der Waals surface area contributed by atoms with Crippen molar-refractivity contribution in [2.24, 2.45) is 5.73 Å². The molecule has 0 aliphatic rings. The second-order valence-electron chi connectivity index (χ2n) is 2.52. The van der Waals surface area contributed by atoms with E-state index < -0.39 is 0 Å². The summed E-state index contributed by atoms with van der Waals surface area (Å²) in [4.78, 5) is 14.2. The third-order valence-corrected chi connectivity index (χ3v) is 1.44. The van der Waals surface area contributed by atoms with Gasteiger partial charge >= 0.3 is 0 Å². The number of nitrogens with zero attached hydrogens (tertiary/aromatic N) is 1. The number of aromatic nitrogens is 1. The van der Waals surface area contributed by atoms with Crippen LogP contribution >= 0.6 is 0 Å². The van der Waals surface area contributed by atoms with Crippen LogP contribution in [0.1, 0.15) is 12.0 Å². The van der Waals surface area contributed by atoms with Crippen LogP contribution in [0.5, 0.6) is 5.75 Å². The van der Waals surface area contributed by atoms with Crippen molar-refractivity contribution in [3.63, 3.8) is 0 Å². The van der Waals surface area contributed by atoms with E-state index in [9.17, 15) is 4.79 Å². The summed E-state index contributed by atoms with van der Waals surface area (Å²) >= 11 is 0. The van der Waals surface area contributed by atoms with Crippen LogP contribution in [0.4, 0.5) is 0 Å². The number of carbonyl (C=O) groups is 1. The number of aromatic hydroxyl groups is 1. The van der Waals surface area contributed by atoms with E-state index in [-0.39, 0.29) is 18.1 Å². The van der Waals surface area contributed by atoms with Gasteiger partial charge in [0.15, 0.2) is 0 Å². The Morgan fingerprint density at radius 3 is 2.92 bits per heavy atom. The van der Waals surface area contributed by atoms with Crippen molar-refractivity contribution in [2.45, 2.75) is 12.8 Å². The number of carbonyl (C=O) groups excluding carboxylic acids is 1. The van der Waals surface area contributed by atoms with E-state index in [0.29, 0.717) is 6.42 Å². The van der Waals surface area contributed by atoms with Crippen LogP contribution < -0.4 is 5.73 Å². The summed E-state index contributed by atoms with van der Waals surface area (Å²) in [6.07, 6.45) is 3.75. The molecule has 1 rings (SSSR count). The summed E-state index contributed by atoms with van der Waals surface area (Å²) in [6.45, 7) is 0. The quantitative estimate of drug-likeness (QED) is 0.673. The summed E-state index contributed by atoms with van der Waals surface area (Å²) in [6, 6.07) is 1.57. The monoisotopic (exact) mass is 166 g/mol. The highest BCUT2D eigenvalue weighted by molar-refractivity contribution is 5.73. The Bertz CT molecular complexity index is 286. The standard InChI is InChI=1S/C8H10N2O2/c9-8(12)2-1-6-3-7(11)5-10-4-6/h3-5,11H,1-2H2,(H2,9,12). The minimum atomic E-state index is -0.349. The number of primary amides is 1. The van der Waals surface area contributed by atoms with Crippen LogP contribution in [0.2, 0.25) is 0 Å². The van der Waals surface area contributed by atoms with Crippen molar-refractivity contribution < 1.29 is 9.90 Å². The average molecular weight is 166 g/mol. The summed E-state index contributed by atoms with van der Waals surface area (Å²) in [7, 11) is 0. The van der Waals surface area contributed by atoms with Crippen LogP contribution in [0, 0.1) is 0 Å². The van der Waals surface area contributed by atoms with Crippen LogP contribution in [0.3, 0.4) is 0 Å². The van der Waals surface area contributed by atoms with E-state index in [0.717, 1.165) is 5.56 Å². The molecule has 0 saturated carbocycles. The van der Waals surface area contributed by atoms with Gasteiger partial charge in [0, 0.05) is 12.6 Å². The molecule has 0 saturated heterocycles. The van der Waals surface area contributed by atoms with Gasteiger partial charge < -0.3 is 10.8 Å². The lowest BCUT2D eigenvalue weighted by Crippen LogP contribution is -2.11. The first-order chi connectivity index (χ1) is 5.68. The van der Waals surface area contributed by atoms with Gasteiger partial charge in [0.25, 0.3) is 0 Å². The normalized spacial score (nSPS) is 9.67. The number of pyridine rings is 1. The molecule has 12 heavy (non-hydrogen) atoms. The van der Waals surface area contributed by atoms with E-state index in [1.54, 1.807) is 12.3 Å². The Morgan fingerprint density at radius 2 is 2.33 bits per heavy atom. The summed E-state index contributed by atoms with van der Waals surface area (Å²) < 4.78 is 0. The van der Waals surface area contributed by atoms with Gasteiger partial charge in [-0.05, 0) is 18.1 Å². The third-order valence-electron chi connectivity index (χ3n) is 1.44. The lowest BCUT2D eigenvalue weighted by Gasteiger charge is -1.97. The first-order valence-corrected chi connectivity index (χ1v) is 3.59. The molecule has 4 heteroatoms. The number of amides is 1. The maximum absolute atomic E-state index is 10.4. The third kappa shape index (κ3) is 2.57. The molecule has 64 valence electrons. The number of nitrogens with two attached hydrogens (primary N) is 1. The molecule has 1 aromatic heterocycles. The van der Waals surface area contributed by atoms with Crippen LogP contribution in [0.15, 0.2) is 18.5 Å². The fraction of sp³-hybridized carbons (Fsp3) is 0.250. The van der Waals surface area contributed by atoms with Crippen LogP contribution in [-0.4, -0.2) is 16.0 Å². The fourth-order valence-corrected chi connectivity index (χ4v) is 0.878. The Kier molecular flexibility index (Phi) is 2.63. The smallest absolute Gasteiger partial charge is 0.217 e. The van der Waals surface area contributed by atoms with Gasteiger partial charge in [0.1, 0.15) is 5.75 Å². The molecule has 1 amide bonds. The lowest BCUT2D eigenvalue weighted by molar-refractivity contribution is -0.117. The number of rotatable bonds is 3. The molecule has 1 aromatic rings. The van der Waals surface area contributed by atoms with E-state index in [4.69, 9.17) is 10.8 Å². The highest BCUT2D eigenvalue weighted by Crippen LogP contribution is 2.09. The molecule has 0 aliphatic carbocycles. The molecule has 0 aromatic carbocycles. The van der Waals surface area contributed by atoms with Crippen LogP contribution in [0.25, 0.3) is 0 Å². The minimum absolute atomic E-state index is 0.108. The van der Waals surface area contributed by atoms with Crippen molar-refractivity contribution in [1.29, 1.82) is 0 Å². The molecule has 0 fully saturated rings. The lowest BCUT2D eigenvalue weighted by atomic mass is 10.1. The van der Waals surface area contributed by atoms with Gasteiger partial charge in [-0.1, -0.05) is 0 Å². The van der Waals surface area contributed by atoms with Crippen LogP contribution in [-0.2, 0) is 11.2 Å². The number of aryl methyl sites for hydroxylation is 1. The molecule has 0 atom stereocenters. The maximum atomic E-state index is 10.4. The SMILES string of the molecule is NC(=O)CCc1cncc(O)c1. The van der Waals surface area contributed by atoms with Crippen molar-refractivity contribution in [3.05, 3.63) is 24.0 Å². The van der Waals surface area contributed by atoms with E-state index in [2.05, 4.69) is 4.98 Å². The van der Waals surface area contributed by atoms with Crippen molar-refractivity contribution in [3.8, 4) is 5.75 Å². The zero-order chi connectivity index (χ0) is 8.97. The van der Waals surface area contributed by atoms with Crippen molar-refractivity contribution >= 4 is 5.91 Å². The van der Waals surface area contributed by atoms with E-state index >= 15 is 0 Å². The molecule has 0 radical (unpaired) electrons. The largest absolute Gasteiger partial charge is 0.506 e. The maximum Gasteiger partial charge on any atom is 0.217 e. The zero-order valence-electron chi connectivity index (χ0n) is 6.53. The minimum Gasteiger partial charge on any atom is -0.506 e. The van der Waals surface area contributed by atoms with E-state index in [1.807, 2.05) is 0 Å². The zero-order valence-corrected chi connectivity index (χ0v) is 6.53. The molecule has 4 nitrogen and oxygen atoms in total. The van der Waals surface area contributed by atoms with Gasteiger partial charge in [0.2, 0.25) is 5.91 Å². The first-order valence-electron chi connectivity index (χ1n) is 3.59. The highest BCUT2D eigenvalue weighted by atomic mass is 16.3. The molecule has 3 N–H and O–H groups in total. The molecule has 0 spiro atoms. The molecular weight excluding hydrogens is 156 g/mol. The predicted octanol–water partition coefficient (Wildman–Crippen LogP) is 0.205. The Morgan fingerprint density at radius 1 is 1.58 bits per heavy atom. The number of hydrogen-bond donors (Lipinski definition) is 2.